The highest BCUT2D eigenvalue weighted by Gasteiger charge is 2.07. The van der Waals surface area contributed by atoms with Gasteiger partial charge in [-0.1, -0.05) is 36.4 Å². The van der Waals surface area contributed by atoms with E-state index in [1.807, 2.05) is 48.5 Å². The van der Waals surface area contributed by atoms with Crippen LogP contribution in [0, 0.1) is 6.92 Å². The first kappa shape index (κ1) is 15.6. The number of thioether (sulfide) groups is 1. The number of rotatable bonds is 7. The maximum absolute atomic E-state index is 5.79. The van der Waals surface area contributed by atoms with E-state index in [0.717, 1.165) is 34.3 Å². The van der Waals surface area contributed by atoms with Crippen molar-refractivity contribution in [3.8, 4) is 11.4 Å². The second-order valence-corrected chi connectivity index (χ2v) is 6.11. The monoisotopic (exact) mass is 326 g/mol. The summed E-state index contributed by atoms with van der Waals surface area (Å²) in [6.45, 7) is 2.72. The standard InChI is InChI=1S/C17H18N4OS/c1-14-7-5-6-10-16(14)22-11-12-23-13-17-18-19-20-21(17)15-8-3-2-4-9-15/h2-10H,11-13H2,1H3. The topological polar surface area (TPSA) is 52.8 Å². The van der Waals surface area contributed by atoms with Crippen LogP contribution in [0.15, 0.2) is 54.6 Å². The van der Waals surface area contributed by atoms with Crippen molar-refractivity contribution in [2.45, 2.75) is 12.7 Å². The molecule has 1 heterocycles. The minimum atomic E-state index is 0.669. The summed E-state index contributed by atoms with van der Waals surface area (Å²) < 4.78 is 7.56. The SMILES string of the molecule is Cc1ccccc1OCCSCc1nnnn1-c1ccccc1. The highest BCUT2D eigenvalue weighted by atomic mass is 32.2. The molecule has 2 aromatic carbocycles. The molecule has 0 spiro atoms. The van der Waals surface area contributed by atoms with Crippen LogP contribution in [0.2, 0.25) is 0 Å². The highest BCUT2D eigenvalue weighted by molar-refractivity contribution is 7.98. The number of para-hydroxylation sites is 2. The van der Waals surface area contributed by atoms with Gasteiger partial charge in [0.15, 0.2) is 5.82 Å². The third-order valence-electron chi connectivity index (χ3n) is 3.34. The van der Waals surface area contributed by atoms with Gasteiger partial charge in [-0.3, -0.25) is 0 Å². The zero-order valence-electron chi connectivity index (χ0n) is 12.9. The third-order valence-corrected chi connectivity index (χ3v) is 4.26. The second kappa shape index (κ2) is 7.78. The van der Waals surface area contributed by atoms with Crippen LogP contribution in [-0.2, 0) is 5.75 Å². The summed E-state index contributed by atoms with van der Waals surface area (Å²) in [6.07, 6.45) is 0. The molecule has 3 rings (SSSR count). The molecule has 5 nitrogen and oxygen atoms in total. The minimum Gasteiger partial charge on any atom is -0.492 e. The van der Waals surface area contributed by atoms with E-state index < -0.39 is 0 Å². The maximum Gasteiger partial charge on any atom is 0.166 e. The van der Waals surface area contributed by atoms with Gasteiger partial charge in [0.2, 0.25) is 0 Å². The number of aryl methyl sites for hydroxylation is 1. The number of hydrogen-bond donors (Lipinski definition) is 0. The molecular weight excluding hydrogens is 308 g/mol. The zero-order chi connectivity index (χ0) is 15.9. The molecule has 0 atom stereocenters. The molecule has 0 unspecified atom stereocenters. The Morgan fingerprint density at radius 3 is 2.65 bits per heavy atom. The molecule has 0 aliphatic heterocycles. The summed E-state index contributed by atoms with van der Waals surface area (Å²) in [5.74, 6) is 3.42. The molecule has 6 heteroatoms. The number of benzene rings is 2. The first-order valence-corrected chi connectivity index (χ1v) is 8.59. The van der Waals surface area contributed by atoms with Crippen LogP contribution in [0.3, 0.4) is 0 Å². The fraction of sp³-hybridized carbons (Fsp3) is 0.235. The van der Waals surface area contributed by atoms with Crippen LogP contribution < -0.4 is 4.74 Å². The fourth-order valence-corrected chi connectivity index (χ4v) is 2.87. The van der Waals surface area contributed by atoms with Crippen molar-refractivity contribution in [2.24, 2.45) is 0 Å². The molecule has 0 saturated carbocycles. The molecule has 0 bridgehead atoms. The summed E-state index contributed by atoms with van der Waals surface area (Å²) in [7, 11) is 0. The van der Waals surface area contributed by atoms with E-state index in [2.05, 4.69) is 28.5 Å². The molecule has 0 amide bonds. The normalized spacial score (nSPS) is 10.7. The van der Waals surface area contributed by atoms with Crippen molar-refractivity contribution in [3.63, 3.8) is 0 Å². The van der Waals surface area contributed by atoms with Crippen LogP contribution in [0.1, 0.15) is 11.4 Å². The summed E-state index contributed by atoms with van der Waals surface area (Å²) in [4.78, 5) is 0. The highest BCUT2D eigenvalue weighted by Crippen LogP contribution is 2.17. The first-order valence-electron chi connectivity index (χ1n) is 7.43. The molecule has 3 aromatic rings. The smallest absolute Gasteiger partial charge is 0.166 e. The van der Waals surface area contributed by atoms with Crippen molar-refractivity contribution >= 4 is 11.8 Å². The van der Waals surface area contributed by atoms with Crippen LogP contribution in [0.4, 0.5) is 0 Å². The van der Waals surface area contributed by atoms with Gasteiger partial charge in [0.1, 0.15) is 5.75 Å². The third kappa shape index (κ3) is 4.10. The van der Waals surface area contributed by atoms with Gasteiger partial charge >= 0.3 is 0 Å². The molecule has 1 aromatic heterocycles. The van der Waals surface area contributed by atoms with Gasteiger partial charge in [0, 0.05) is 5.75 Å². The number of aromatic nitrogens is 4. The Morgan fingerprint density at radius 1 is 1.04 bits per heavy atom. The van der Waals surface area contributed by atoms with Gasteiger partial charge < -0.3 is 4.74 Å². The van der Waals surface area contributed by atoms with Crippen LogP contribution in [-0.4, -0.2) is 32.6 Å². The lowest BCUT2D eigenvalue weighted by Crippen LogP contribution is -2.04. The molecule has 0 radical (unpaired) electrons. The Labute approximate surface area is 139 Å². The predicted octanol–water partition coefficient (Wildman–Crippen LogP) is 3.28. The maximum atomic E-state index is 5.79. The van der Waals surface area contributed by atoms with Crippen molar-refractivity contribution in [2.75, 3.05) is 12.4 Å². The Balaban J connectivity index is 1.49. The lowest BCUT2D eigenvalue weighted by Gasteiger charge is -2.08. The van der Waals surface area contributed by atoms with Crippen molar-refractivity contribution < 1.29 is 4.74 Å². The lowest BCUT2D eigenvalue weighted by molar-refractivity contribution is 0.341. The lowest BCUT2D eigenvalue weighted by atomic mass is 10.2. The molecular formula is C17H18N4OS. The van der Waals surface area contributed by atoms with Gasteiger partial charge in [-0.05, 0) is 41.1 Å². The Kier molecular flexibility index (Phi) is 5.26. The Hall–Kier alpha value is -2.34. The molecule has 0 saturated heterocycles. The zero-order valence-corrected chi connectivity index (χ0v) is 13.7. The average Bonchev–Trinajstić information content (AvgIpc) is 3.05. The van der Waals surface area contributed by atoms with Gasteiger partial charge in [0.25, 0.3) is 0 Å². The van der Waals surface area contributed by atoms with E-state index in [-0.39, 0.29) is 0 Å². The molecule has 118 valence electrons. The van der Waals surface area contributed by atoms with E-state index in [1.54, 1.807) is 16.4 Å². The molecule has 0 fully saturated rings. The molecule has 0 aliphatic rings. The van der Waals surface area contributed by atoms with E-state index in [4.69, 9.17) is 4.74 Å². The molecule has 0 aliphatic carbocycles. The van der Waals surface area contributed by atoms with E-state index in [0.29, 0.717) is 6.61 Å². The van der Waals surface area contributed by atoms with Gasteiger partial charge in [-0.2, -0.15) is 16.4 Å². The van der Waals surface area contributed by atoms with Gasteiger partial charge in [0.05, 0.1) is 18.0 Å². The Bertz CT molecular complexity index is 745. The van der Waals surface area contributed by atoms with Crippen LogP contribution >= 0.6 is 11.8 Å². The van der Waals surface area contributed by atoms with E-state index >= 15 is 0 Å². The summed E-state index contributed by atoms with van der Waals surface area (Å²) >= 11 is 1.76. The van der Waals surface area contributed by atoms with Gasteiger partial charge in [-0.15, -0.1) is 5.10 Å². The Morgan fingerprint density at radius 2 is 1.83 bits per heavy atom. The summed E-state index contributed by atoms with van der Waals surface area (Å²) in [5.41, 5.74) is 2.13. The second-order valence-electron chi connectivity index (χ2n) is 5.01. The van der Waals surface area contributed by atoms with Crippen molar-refractivity contribution in [3.05, 3.63) is 66.0 Å². The quantitative estimate of drug-likeness (QED) is 0.624. The van der Waals surface area contributed by atoms with E-state index in [9.17, 15) is 0 Å². The molecule has 0 N–H and O–H groups in total. The number of ether oxygens (including phenoxy) is 1. The summed E-state index contributed by atoms with van der Waals surface area (Å²) in [6, 6.07) is 18.0. The van der Waals surface area contributed by atoms with Crippen molar-refractivity contribution in [1.29, 1.82) is 0 Å². The largest absolute Gasteiger partial charge is 0.492 e. The number of hydrogen-bond acceptors (Lipinski definition) is 5. The van der Waals surface area contributed by atoms with Crippen molar-refractivity contribution in [1.82, 2.24) is 20.2 Å². The van der Waals surface area contributed by atoms with Crippen LogP contribution in [0.25, 0.3) is 5.69 Å². The predicted molar refractivity (Wildman–Crippen MR) is 92.0 cm³/mol. The minimum absolute atomic E-state index is 0.669. The number of nitrogens with zero attached hydrogens (tertiary/aromatic N) is 4. The average molecular weight is 326 g/mol. The summed E-state index contributed by atoms with van der Waals surface area (Å²) in [5, 5.41) is 11.9. The number of tetrazole rings is 1. The molecule has 23 heavy (non-hydrogen) atoms. The van der Waals surface area contributed by atoms with Crippen LogP contribution in [0.5, 0.6) is 5.75 Å². The van der Waals surface area contributed by atoms with Gasteiger partial charge in [-0.25, -0.2) is 0 Å². The van der Waals surface area contributed by atoms with E-state index in [1.165, 1.54) is 0 Å². The fourth-order valence-electron chi connectivity index (χ4n) is 2.16. The first-order chi connectivity index (χ1) is 11.3.